The predicted molar refractivity (Wildman–Crippen MR) is 103 cm³/mol. The monoisotopic (exact) mass is 419 g/mol. The fourth-order valence-electron chi connectivity index (χ4n) is 3.51. The fraction of sp³-hybridized carbons (Fsp3) is 0.350. The van der Waals surface area contributed by atoms with Crippen LogP contribution in [0.2, 0.25) is 0 Å². The van der Waals surface area contributed by atoms with Crippen LogP contribution in [0.5, 0.6) is 5.75 Å². The van der Waals surface area contributed by atoms with Gasteiger partial charge < -0.3 is 14.5 Å². The van der Waals surface area contributed by atoms with Crippen molar-refractivity contribution in [2.45, 2.75) is 19.2 Å². The Morgan fingerprint density at radius 2 is 1.80 bits per heavy atom. The van der Waals surface area contributed by atoms with E-state index < -0.39 is 6.36 Å². The minimum Gasteiger partial charge on any atom is -0.406 e. The number of carbonyl (C=O) groups excluding carboxylic acids is 1. The van der Waals surface area contributed by atoms with Gasteiger partial charge >= 0.3 is 6.36 Å². The average Bonchev–Trinajstić information content (AvgIpc) is 2.97. The van der Waals surface area contributed by atoms with Crippen molar-refractivity contribution in [1.29, 1.82) is 0 Å². The largest absolute Gasteiger partial charge is 0.573 e. The van der Waals surface area contributed by atoms with E-state index >= 15 is 0 Å². The third kappa shape index (κ3) is 4.64. The van der Waals surface area contributed by atoms with E-state index in [1.807, 2.05) is 28.8 Å². The molecule has 1 aromatic carbocycles. The van der Waals surface area contributed by atoms with Gasteiger partial charge in [-0.05, 0) is 36.2 Å². The van der Waals surface area contributed by atoms with Crippen LogP contribution in [-0.4, -0.2) is 57.9 Å². The van der Waals surface area contributed by atoms with Crippen LogP contribution in [0.4, 0.5) is 19.1 Å². The highest BCUT2D eigenvalue weighted by molar-refractivity contribution is 5.79. The Labute approximate surface area is 170 Å². The minimum absolute atomic E-state index is 0.0626. The number of benzene rings is 1. The molecule has 1 aliphatic rings. The van der Waals surface area contributed by atoms with Crippen molar-refractivity contribution in [3.05, 3.63) is 54.2 Å². The molecule has 0 saturated carbocycles. The Morgan fingerprint density at radius 3 is 2.57 bits per heavy atom. The highest BCUT2D eigenvalue weighted by atomic mass is 19.4. The summed E-state index contributed by atoms with van der Waals surface area (Å²) in [5.74, 6) is 0.386. The van der Waals surface area contributed by atoms with Crippen LogP contribution >= 0.6 is 0 Å². The van der Waals surface area contributed by atoms with Gasteiger partial charge in [-0.3, -0.25) is 9.20 Å². The standard InChI is InChI=1S/C20H20F3N5O2/c21-20(22,23)30-16-7-5-15(6-8-16)14-18(29)26-9-3-10-27(13-12-26)19-25-24-17-4-1-2-11-28(17)19/h1-2,4-8,11H,3,9-10,12-14H2. The molecular weight excluding hydrogens is 399 g/mol. The first-order valence-corrected chi connectivity index (χ1v) is 9.56. The predicted octanol–water partition coefficient (Wildman–Crippen LogP) is 2.91. The topological polar surface area (TPSA) is 63.0 Å². The summed E-state index contributed by atoms with van der Waals surface area (Å²) in [4.78, 5) is 16.6. The second-order valence-corrected chi connectivity index (χ2v) is 7.02. The molecule has 0 atom stereocenters. The molecule has 1 aliphatic heterocycles. The molecule has 1 saturated heterocycles. The van der Waals surface area contributed by atoms with Crippen LogP contribution in [0.15, 0.2) is 48.7 Å². The van der Waals surface area contributed by atoms with E-state index in [0.29, 0.717) is 25.2 Å². The molecule has 0 bridgehead atoms. The summed E-state index contributed by atoms with van der Waals surface area (Å²) in [6.07, 6.45) is -1.92. The number of ether oxygens (including phenoxy) is 1. The van der Waals surface area contributed by atoms with Crippen molar-refractivity contribution < 1.29 is 22.7 Å². The molecule has 1 fully saturated rings. The van der Waals surface area contributed by atoms with Gasteiger partial charge in [0, 0.05) is 32.4 Å². The van der Waals surface area contributed by atoms with E-state index in [9.17, 15) is 18.0 Å². The number of anilines is 1. The number of aromatic nitrogens is 3. The molecule has 3 heterocycles. The van der Waals surface area contributed by atoms with Gasteiger partial charge in [0.1, 0.15) is 5.75 Å². The Hall–Kier alpha value is -3.30. The SMILES string of the molecule is O=C(Cc1ccc(OC(F)(F)F)cc1)N1CCCN(c2nnc3ccccn23)CC1. The maximum atomic E-state index is 12.7. The molecular formula is C20H20F3N5O2. The maximum Gasteiger partial charge on any atom is 0.573 e. The van der Waals surface area contributed by atoms with Crippen LogP contribution < -0.4 is 9.64 Å². The molecule has 30 heavy (non-hydrogen) atoms. The summed E-state index contributed by atoms with van der Waals surface area (Å²) in [7, 11) is 0. The molecule has 0 N–H and O–H groups in total. The zero-order chi connectivity index (χ0) is 21.1. The Balaban J connectivity index is 1.36. The van der Waals surface area contributed by atoms with E-state index in [1.165, 1.54) is 24.3 Å². The van der Waals surface area contributed by atoms with Gasteiger partial charge in [0.05, 0.1) is 6.42 Å². The summed E-state index contributed by atoms with van der Waals surface area (Å²) in [5.41, 5.74) is 1.40. The molecule has 0 radical (unpaired) electrons. The first-order valence-electron chi connectivity index (χ1n) is 9.56. The second kappa shape index (κ2) is 8.21. The number of nitrogens with zero attached hydrogens (tertiary/aromatic N) is 5. The molecule has 7 nitrogen and oxygen atoms in total. The molecule has 158 valence electrons. The number of amides is 1. The maximum absolute atomic E-state index is 12.7. The van der Waals surface area contributed by atoms with Crippen molar-refractivity contribution >= 4 is 17.5 Å². The van der Waals surface area contributed by atoms with Crippen LogP contribution in [0.25, 0.3) is 5.65 Å². The Bertz CT molecular complexity index is 1020. The number of halogens is 3. The highest BCUT2D eigenvalue weighted by Crippen LogP contribution is 2.23. The number of rotatable bonds is 4. The molecule has 10 heteroatoms. The Kier molecular flexibility index (Phi) is 5.47. The third-order valence-corrected chi connectivity index (χ3v) is 4.94. The van der Waals surface area contributed by atoms with E-state index in [2.05, 4.69) is 19.8 Å². The number of carbonyl (C=O) groups is 1. The molecule has 0 unspecified atom stereocenters. The first-order chi connectivity index (χ1) is 14.4. The molecule has 2 aromatic heterocycles. The summed E-state index contributed by atoms with van der Waals surface area (Å²) in [6, 6.07) is 11.1. The molecule has 3 aromatic rings. The number of pyridine rings is 1. The van der Waals surface area contributed by atoms with Crippen molar-refractivity contribution in [3.8, 4) is 5.75 Å². The summed E-state index contributed by atoms with van der Waals surface area (Å²) in [6.45, 7) is 2.53. The molecule has 0 spiro atoms. The molecule has 1 amide bonds. The lowest BCUT2D eigenvalue weighted by molar-refractivity contribution is -0.274. The summed E-state index contributed by atoms with van der Waals surface area (Å²) < 4.78 is 42.5. The zero-order valence-corrected chi connectivity index (χ0v) is 16.0. The van der Waals surface area contributed by atoms with Crippen molar-refractivity contribution in [2.75, 3.05) is 31.1 Å². The molecule has 0 aliphatic carbocycles. The first kappa shape index (κ1) is 20.0. The minimum atomic E-state index is -4.73. The lowest BCUT2D eigenvalue weighted by atomic mass is 10.1. The Morgan fingerprint density at radius 1 is 1.00 bits per heavy atom. The van der Waals surface area contributed by atoms with E-state index in [-0.39, 0.29) is 18.1 Å². The number of fused-ring (bicyclic) bond motifs is 1. The van der Waals surface area contributed by atoms with Crippen LogP contribution in [0.3, 0.4) is 0 Å². The van der Waals surface area contributed by atoms with Crippen LogP contribution in [0.1, 0.15) is 12.0 Å². The lowest BCUT2D eigenvalue weighted by Crippen LogP contribution is -2.36. The average molecular weight is 419 g/mol. The third-order valence-electron chi connectivity index (χ3n) is 4.94. The summed E-state index contributed by atoms with van der Waals surface area (Å²) >= 11 is 0. The van der Waals surface area contributed by atoms with E-state index in [4.69, 9.17) is 0 Å². The smallest absolute Gasteiger partial charge is 0.406 e. The normalized spacial score (nSPS) is 15.3. The number of hydrogen-bond donors (Lipinski definition) is 0. The van der Waals surface area contributed by atoms with Crippen LogP contribution in [-0.2, 0) is 11.2 Å². The van der Waals surface area contributed by atoms with Gasteiger partial charge in [-0.1, -0.05) is 18.2 Å². The number of alkyl halides is 3. The van der Waals surface area contributed by atoms with Gasteiger partial charge in [0.25, 0.3) is 0 Å². The lowest BCUT2D eigenvalue weighted by Gasteiger charge is -2.22. The molecule has 4 rings (SSSR count). The quantitative estimate of drug-likeness (QED) is 0.651. The van der Waals surface area contributed by atoms with Gasteiger partial charge in [-0.2, -0.15) is 0 Å². The van der Waals surface area contributed by atoms with Gasteiger partial charge in [0.15, 0.2) is 5.65 Å². The van der Waals surface area contributed by atoms with Crippen molar-refractivity contribution in [1.82, 2.24) is 19.5 Å². The number of hydrogen-bond acceptors (Lipinski definition) is 5. The second-order valence-electron chi connectivity index (χ2n) is 7.02. The summed E-state index contributed by atoms with van der Waals surface area (Å²) in [5, 5.41) is 8.45. The fourth-order valence-corrected chi connectivity index (χ4v) is 3.51. The van der Waals surface area contributed by atoms with Crippen LogP contribution in [0, 0.1) is 0 Å². The highest BCUT2D eigenvalue weighted by Gasteiger charge is 2.31. The van der Waals surface area contributed by atoms with Crippen molar-refractivity contribution in [2.24, 2.45) is 0 Å². The van der Waals surface area contributed by atoms with Gasteiger partial charge in [-0.15, -0.1) is 23.4 Å². The van der Waals surface area contributed by atoms with Crippen molar-refractivity contribution in [3.63, 3.8) is 0 Å². The van der Waals surface area contributed by atoms with Gasteiger partial charge in [-0.25, -0.2) is 0 Å². The van der Waals surface area contributed by atoms with E-state index in [0.717, 1.165) is 24.6 Å². The van der Waals surface area contributed by atoms with E-state index in [1.54, 1.807) is 4.90 Å². The van der Waals surface area contributed by atoms with Gasteiger partial charge in [0.2, 0.25) is 11.9 Å². The zero-order valence-electron chi connectivity index (χ0n) is 16.0.